The number of β-lactam (4-membered cyclic amide) rings is 1. The third-order valence-corrected chi connectivity index (χ3v) is 8.36. The van der Waals surface area contributed by atoms with Crippen molar-refractivity contribution in [3.05, 3.63) is 50.5 Å². The Kier molecular flexibility index (Phi) is 6.47. The van der Waals surface area contributed by atoms with E-state index < -0.39 is 22.9 Å². The first kappa shape index (κ1) is 23.7. The van der Waals surface area contributed by atoms with Crippen LogP contribution >= 0.6 is 24.0 Å². The molecule has 33 heavy (non-hydrogen) atoms. The maximum absolute atomic E-state index is 13.2. The highest BCUT2D eigenvalue weighted by Gasteiger charge is 2.60. The van der Waals surface area contributed by atoms with Gasteiger partial charge in [-0.1, -0.05) is 19.1 Å². The molecule has 1 amide bonds. The van der Waals surface area contributed by atoms with Crippen molar-refractivity contribution in [2.24, 2.45) is 11.8 Å². The molecule has 3 heterocycles. The quantitative estimate of drug-likeness (QED) is 0.202. The number of thiocarbonyl (C=S) groups is 1. The van der Waals surface area contributed by atoms with E-state index in [0.717, 1.165) is 22.9 Å². The zero-order chi connectivity index (χ0) is 24.0. The minimum atomic E-state index is -0.812. The van der Waals surface area contributed by atoms with E-state index in [0.29, 0.717) is 5.56 Å². The number of esters is 1. The van der Waals surface area contributed by atoms with Gasteiger partial charge >= 0.3 is 5.97 Å². The molecular weight excluding hydrogens is 466 g/mol. The Morgan fingerprint density at radius 2 is 2.06 bits per heavy atom. The van der Waals surface area contributed by atoms with Crippen molar-refractivity contribution in [3.63, 3.8) is 0 Å². The Balaban J connectivity index is 1.56. The van der Waals surface area contributed by atoms with Gasteiger partial charge in [0.1, 0.15) is 12.3 Å². The highest BCUT2D eigenvalue weighted by molar-refractivity contribution is 8.03. The number of amides is 1. The molecule has 2 saturated heterocycles. The van der Waals surface area contributed by atoms with Crippen LogP contribution in [-0.2, 0) is 20.9 Å². The normalized spacial score (nSPS) is 27.5. The average Bonchev–Trinajstić information content (AvgIpc) is 3.20. The third-order valence-electron chi connectivity index (χ3n) is 6.42. The van der Waals surface area contributed by atoms with Gasteiger partial charge in [-0.25, -0.2) is 4.79 Å². The first-order valence-corrected chi connectivity index (χ1v) is 11.9. The summed E-state index contributed by atoms with van der Waals surface area (Å²) in [5.74, 6) is -1.56. The predicted octanol–water partition coefficient (Wildman–Crippen LogP) is 2.47. The van der Waals surface area contributed by atoms with E-state index in [1.165, 1.54) is 29.2 Å². The van der Waals surface area contributed by atoms with Crippen LogP contribution in [-0.4, -0.2) is 67.7 Å². The van der Waals surface area contributed by atoms with E-state index in [2.05, 4.69) is 0 Å². The fourth-order valence-corrected chi connectivity index (χ4v) is 6.61. The number of aliphatic hydroxyl groups is 1. The lowest BCUT2D eigenvalue weighted by Crippen LogP contribution is -2.63. The molecule has 2 fully saturated rings. The molecule has 3 aliphatic rings. The van der Waals surface area contributed by atoms with E-state index in [1.807, 2.05) is 18.9 Å². The number of carbonyl (C=O) groups is 2. The van der Waals surface area contributed by atoms with Crippen molar-refractivity contribution >= 4 is 46.5 Å². The second-order valence-corrected chi connectivity index (χ2v) is 10.5. The van der Waals surface area contributed by atoms with Gasteiger partial charge in [0.05, 0.1) is 28.0 Å². The molecule has 0 aliphatic carbocycles. The molecule has 3 aliphatic heterocycles. The summed E-state index contributed by atoms with van der Waals surface area (Å²) in [5.41, 5.74) is 0.793. The van der Waals surface area contributed by atoms with Crippen molar-refractivity contribution in [1.82, 2.24) is 9.80 Å². The smallest absolute Gasteiger partial charge is 0.356 e. The molecule has 0 unspecified atom stereocenters. The Labute approximate surface area is 200 Å². The van der Waals surface area contributed by atoms with Crippen LogP contribution in [0.1, 0.15) is 25.8 Å². The van der Waals surface area contributed by atoms with E-state index >= 15 is 0 Å². The number of rotatable bonds is 7. The van der Waals surface area contributed by atoms with Crippen LogP contribution in [0.2, 0.25) is 0 Å². The number of nitro groups is 1. The Morgan fingerprint density at radius 3 is 2.61 bits per heavy atom. The summed E-state index contributed by atoms with van der Waals surface area (Å²) in [6, 6.07) is 5.48. The van der Waals surface area contributed by atoms with Gasteiger partial charge in [-0.15, -0.1) is 11.8 Å². The second kappa shape index (κ2) is 9.03. The fourth-order valence-electron chi connectivity index (χ4n) is 4.68. The Hall–Kier alpha value is -2.50. The topological polar surface area (TPSA) is 113 Å². The van der Waals surface area contributed by atoms with Crippen LogP contribution in [0.25, 0.3) is 0 Å². The first-order chi connectivity index (χ1) is 15.6. The highest BCUT2D eigenvalue weighted by atomic mass is 32.2. The number of aliphatic hydroxyl groups excluding tert-OH is 1. The molecule has 11 heteroatoms. The molecule has 1 N–H and O–H groups in total. The summed E-state index contributed by atoms with van der Waals surface area (Å²) in [6.45, 7) is 4.24. The van der Waals surface area contributed by atoms with Crippen LogP contribution < -0.4 is 0 Å². The summed E-state index contributed by atoms with van der Waals surface area (Å²) >= 11 is 6.94. The van der Waals surface area contributed by atoms with Crippen LogP contribution in [0, 0.1) is 22.0 Å². The third kappa shape index (κ3) is 4.24. The Morgan fingerprint density at radius 1 is 1.39 bits per heavy atom. The first-order valence-electron chi connectivity index (χ1n) is 10.7. The summed E-state index contributed by atoms with van der Waals surface area (Å²) in [4.78, 5) is 41.5. The minimum Gasteiger partial charge on any atom is -0.456 e. The van der Waals surface area contributed by atoms with Gasteiger partial charge in [-0.2, -0.15) is 0 Å². The maximum atomic E-state index is 13.2. The van der Waals surface area contributed by atoms with Crippen molar-refractivity contribution in [1.29, 1.82) is 0 Å². The minimum absolute atomic E-state index is 0.0475. The number of fused-ring (bicyclic) bond motifs is 1. The number of carbonyl (C=O) groups excluding carboxylic acids is 2. The summed E-state index contributed by atoms with van der Waals surface area (Å²) < 4.78 is 5.52. The standard InChI is InChI=1S/C22H25N3O6S2/c1-11-18-17(12(2)26)21(27)24(18)19(20(11)33-15-8-16(32)23(3)9-15)22(28)31-10-13-4-6-14(7-5-13)25(29)30/h4-7,11-12,15,17-18,26H,8-10H2,1-3H3/t11-,12-,15-,17-,18-/m1/s1. The van der Waals surface area contributed by atoms with Crippen LogP contribution in [0.4, 0.5) is 5.69 Å². The van der Waals surface area contributed by atoms with Crippen molar-refractivity contribution in [2.45, 2.75) is 44.3 Å². The molecule has 0 aromatic heterocycles. The zero-order valence-corrected chi connectivity index (χ0v) is 20.1. The number of non-ortho nitro benzene ring substituents is 1. The van der Waals surface area contributed by atoms with Gasteiger partial charge in [0.2, 0.25) is 5.91 Å². The van der Waals surface area contributed by atoms with Gasteiger partial charge in [0.15, 0.2) is 0 Å². The van der Waals surface area contributed by atoms with Crippen molar-refractivity contribution in [3.8, 4) is 0 Å². The molecule has 0 radical (unpaired) electrons. The number of hydrogen-bond acceptors (Lipinski definition) is 8. The van der Waals surface area contributed by atoms with E-state index in [4.69, 9.17) is 17.0 Å². The number of benzene rings is 1. The molecular formula is C22H25N3O6S2. The lowest BCUT2D eigenvalue weighted by molar-refractivity contribution is -0.384. The molecule has 0 saturated carbocycles. The van der Waals surface area contributed by atoms with E-state index in [1.54, 1.807) is 18.7 Å². The summed E-state index contributed by atoms with van der Waals surface area (Å²) in [6.07, 6.45) is -0.0934. The molecule has 176 valence electrons. The van der Waals surface area contributed by atoms with Gasteiger partial charge in [-0.3, -0.25) is 14.9 Å². The predicted molar refractivity (Wildman–Crippen MR) is 126 cm³/mol. The van der Waals surface area contributed by atoms with E-state index in [9.17, 15) is 24.8 Å². The van der Waals surface area contributed by atoms with E-state index in [-0.39, 0.29) is 41.1 Å². The van der Waals surface area contributed by atoms with Crippen molar-refractivity contribution < 1.29 is 24.4 Å². The highest BCUT2D eigenvalue weighted by Crippen LogP contribution is 2.52. The van der Waals surface area contributed by atoms with Crippen LogP contribution in [0.15, 0.2) is 34.9 Å². The molecule has 1 aromatic rings. The van der Waals surface area contributed by atoms with Gasteiger partial charge in [-0.05, 0) is 24.6 Å². The van der Waals surface area contributed by atoms with Gasteiger partial charge in [0, 0.05) is 48.2 Å². The molecule has 9 nitrogen and oxygen atoms in total. The number of thioether (sulfide) groups is 1. The number of hydrogen-bond donors (Lipinski definition) is 1. The number of ether oxygens (including phenoxy) is 1. The molecule has 0 bridgehead atoms. The maximum Gasteiger partial charge on any atom is 0.356 e. The van der Waals surface area contributed by atoms with Crippen LogP contribution in [0.5, 0.6) is 0 Å². The fraction of sp³-hybridized carbons (Fsp3) is 0.500. The largest absolute Gasteiger partial charge is 0.456 e. The monoisotopic (exact) mass is 491 g/mol. The molecule has 5 atom stereocenters. The van der Waals surface area contributed by atoms with Crippen molar-refractivity contribution in [2.75, 3.05) is 13.6 Å². The average molecular weight is 492 g/mol. The van der Waals surface area contributed by atoms with Crippen LogP contribution in [0.3, 0.4) is 0 Å². The van der Waals surface area contributed by atoms with Gasteiger partial charge in [0.25, 0.3) is 5.69 Å². The number of likely N-dealkylation sites (tertiary alicyclic amines) is 1. The number of nitrogens with zero attached hydrogens (tertiary/aromatic N) is 3. The van der Waals surface area contributed by atoms with Gasteiger partial charge < -0.3 is 19.6 Å². The molecule has 0 spiro atoms. The zero-order valence-electron chi connectivity index (χ0n) is 18.5. The SMILES string of the molecule is C[C@@H](O)[C@H]1C(=O)N2C(C(=O)OCc3ccc([N+](=O)[O-])cc3)=C(S[C@@H]3CC(=S)N(C)C3)[C@H](C)[C@H]12. The number of nitro benzene ring substituents is 1. The lowest BCUT2D eigenvalue weighted by Gasteiger charge is -2.46. The second-order valence-electron chi connectivity index (χ2n) is 8.68. The summed E-state index contributed by atoms with van der Waals surface area (Å²) in [7, 11) is 1.94. The lowest BCUT2D eigenvalue weighted by atomic mass is 9.79. The molecule has 4 rings (SSSR count). The summed E-state index contributed by atoms with van der Waals surface area (Å²) in [5, 5.41) is 21.1. The molecule has 1 aromatic carbocycles. The Bertz CT molecular complexity index is 1040.